The third-order valence-electron chi connectivity index (χ3n) is 14.2. The van der Waals surface area contributed by atoms with E-state index >= 15 is 0 Å². The summed E-state index contributed by atoms with van der Waals surface area (Å²) >= 11 is 0. The maximum Gasteiger partial charge on any atom is 0.361 e. The Balaban J connectivity index is 4.19. The zero-order chi connectivity index (χ0) is 60.5. The lowest BCUT2D eigenvalue weighted by Gasteiger charge is -2.25. The molecule has 0 saturated carbocycles. The Kier molecular flexibility index (Phi) is 60.4. The van der Waals surface area contributed by atoms with E-state index in [1.165, 1.54) is 135 Å². The third-order valence-corrected chi connectivity index (χ3v) is 14.2. The van der Waals surface area contributed by atoms with Gasteiger partial charge >= 0.3 is 17.9 Å². The number of hydrogen-bond donors (Lipinski definition) is 1. The molecule has 1 N–H and O–H groups in total. The summed E-state index contributed by atoms with van der Waals surface area (Å²) in [5.41, 5.74) is 0. The van der Waals surface area contributed by atoms with Crippen molar-refractivity contribution in [3.8, 4) is 0 Å². The quantitative estimate of drug-likeness (QED) is 0.0211. The molecule has 9 nitrogen and oxygen atoms in total. The highest BCUT2D eigenvalue weighted by Crippen LogP contribution is 2.16. The molecular weight excluding hydrogens is 1030 g/mol. The summed E-state index contributed by atoms with van der Waals surface area (Å²) in [7, 11) is 5.97. The summed E-state index contributed by atoms with van der Waals surface area (Å²) in [5.74, 6) is -2.02. The number of rotatable bonds is 61. The van der Waals surface area contributed by atoms with Gasteiger partial charge in [-0.15, -0.1) is 0 Å². The van der Waals surface area contributed by atoms with Crippen LogP contribution in [0.15, 0.2) is 122 Å². The highest BCUT2D eigenvalue weighted by atomic mass is 16.7. The van der Waals surface area contributed by atoms with Crippen LogP contribution >= 0.6 is 0 Å². The number of nitrogens with zero attached hydrogens (tertiary/aromatic N) is 1. The van der Waals surface area contributed by atoms with Crippen molar-refractivity contribution in [1.29, 1.82) is 0 Å². The Bertz CT molecular complexity index is 1780. The molecule has 474 valence electrons. The Morgan fingerprint density at radius 2 is 0.687 bits per heavy atom. The molecule has 2 unspecified atom stereocenters. The third kappa shape index (κ3) is 65.1. The van der Waals surface area contributed by atoms with Crippen LogP contribution in [-0.4, -0.2) is 87.4 Å². The molecule has 0 aliphatic rings. The Morgan fingerprint density at radius 1 is 0.373 bits per heavy atom. The van der Waals surface area contributed by atoms with Crippen LogP contribution in [0.2, 0.25) is 0 Å². The molecule has 0 saturated heterocycles. The lowest BCUT2D eigenvalue weighted by atomic mass is 10.0. The molecule has 0 amide bonds. The standard InChI is InChI=1S/C74H125NO8/c1-6-8-10-12-14-16-18-20-22-24-26-28-30-31-32-33-34-35-36-37-38-39-40-41-43-45-47-49-51-53-55-57-59-61-63-65-72(77)83-70(69-82-74(73(78)79)80-67-66-75(3,4)5)68-81-71(76)64-62-60-58-56-54-52-50-48-46-44-42-29-27-25-23-21-19-17-15-13-11-9-7-2/h8,10,14,16,19-22,25-28,31-32,34-35,37-38,40-41,70,74H,6-7,9,11-13,15,17-18,23-24,29-30,33,36,39,42-69H2,1-5H3/p+1/b10-8-,16-14-,21-19-,22-20-,27-25-,28-26-,32-31-,35-34-,38-37-,41-40-. The van der Waals surface area contributed by atoms with Crippen molar-refractivity contribution in [2.45, 2.75) is 283 Å². The van der Waals surface area contributed by atoms with Crippen molar-refractivity contribution in [2.24, 2.45) is 0 Å². The van der Waals surface area contributed by atoms with E-state index in [0.29, 0.717) is 23.9 Å². The van der Waals surface area contributed by atoms with Crippen LogP contribution in [0.1, 0.15) is 271 Å². The fourth-order valence-corrected chi connectivity index (χ4v) is 9.06. The second kappa shape index (κ2) is 63.7. The van der Waals surface area contributed by atoms with Gasteiger partial charge in [-0.25, -0.2) is 4.79 Å². The van der Waals surface area contributed by atoms with E-state index in [9.17, 15) is 19.5 Å². The minimum Gasteiger partial charge on any atom is -0.477 e. The smallest absolute Gasteiger partial charge is 0.361 e. The molecule has 0 aromatic carbocycles. The predicted octanol–water partition coefficient (Wildman–Crippen LogP) is 20.8. The van der Waals surface area contributed by atoms with E-state index < -0.39 is 24.3 Å². The van der Waals surface area contributed by atoms with Gasteiger partial charge in [0.15, 0.2) is 6.10 Å². The fourth-order valence-electron chi connectivity index (χ4n) is 9.06. The number of carbonyl (C=O) groups is 3. The lowest BCUT2D eigenvalue weighted by molar-refractivity contribution is -0.870. The number of unbranched alkanes of at least 4 members (excludes halogenated alkanes) is 26. The zero-order valence-corrected chi connectivity index (χ0v) is 54.1. The Hall–Kier alpha value is -4.31. The van der Waals surface area contributed by atoms with E-state index in [1.54, 1.807) is 0 Å². The first-order valence-corrected chi connectivity index (χ1v) is 33.7. The number of allylic oxidation sites excluding steroid dienone is 20. The number of likely N-dealkylation sites (N-methyl/N-ethyl adjacent to an activating group) is 1. The molecule has 0 aromatic heterocycles. The average Bonchev–Trinajstić information content (AvgIpc) is 3.46. The molecule has 0 aliphatic carbocycles. The molecule has 0 aliphatic heterocycles. The van der Waals surface area contributed by atoms with Crippen LogP contribution in [0, 0.1) is 0 Å². The summed E-state index contributed by atoms with van der Waals surface area (Å²) in [4.78, 5) is 37.6. The first-order chi connectivity index (χ1) is 40.6. The summed E-state index contributed by atoms with van der Waals surface area (Å²) in [6.45, 7) is 4.75. The summed E-state index contributed by atoms with van der Waals surface area (Å²) < 4.78 is 23.0. The second-order valence-electron chi connectivity index (χ2n) is 23.4. The molecule has 0 spiro atoms. The highest BCUT2D eigenvalue weighted by molar-refractivity contribution is 5.71. The monoisotopic (exact) mass is 1160 g/mol. The van der Waals surface area contributed by atoms with Gasteiger partial charge in [0, 0.05) is 12.8 Å². The first kappa shape index (κ1) is 78.7. The van der Waals surface area contributed by atoms with E-state index in [-0.39, 0.29) is 32.2 Å². The van der Waals surface area contributed by atoms with Gasteiger partial charge < -0.3 is 28.5 Å². The topological polar surface area (TPSA) is 108 Å². The predicted molar refractivity (Wildman–Crippen MR) is 354 cm³/mol. The number of hydrogen-bond acceptors (Lipinski definition) is 7. The van der Waals surface area contributed by atoms with E-state index in [2.05, 4.69) is 135 Å². The second-order valence-corrected chi connectivity index (χ2v) is 23.4. The average molecular weight is 1160 g/mol. The summed E-state index contributed by atoms with van der Waals surface area (Å²) in [5, 5.41) is 9.74. The molecule has 9 heteroatoms. The van der Waals surface area contributed by atoms with Gasteiger partial charge in [-0.3, -0.25) is 9.59 Å². The number of ether oxygens (including phenoxy) is 4. The first-order valence-electron chi connectivity index (χ1n) is 33.7. The summed E-state index contributed by atoms with van der Waals surface area (Å²) in [6, 6.07) is 0. The minimum atomic E-state index is -1.52. The van der Waals surface area contributed by atoms with Crippen molar-refractivity contribution in [3.63, 3.8) is 0 Å². The van der Waals surface area contributed by atoms with Crippen molar-refractivity contribution in [3.05, 3.63) is 122 Å². The van der Waals surface area contributed by atoms with Crippen LogP contribution in [0.5, 0.6) is 0 Å². The fraction of sp³-hybridized carbons (Fsp3) is 0.689. The number of esters is 2. The molecule has 83 heavy (non-hydrogen) atoms. The van der Waals surface area contributed by atoms with Crippen LogP contribution in [-0.2, 0) is 33.3 Å². The van der Waals surface area contributed by atoms with Gasteiger partial charge in [0.05, 0.1) is 34.4 Å². The van der Waals surface area contributed by atoms with Gasteiger partial charge in [-0.05, 0) is 109 Å². The molecule has 0 heterocycles. The Morgan fingerprint density at radius 3 is 1.02 bits per heavy atom. The maximum atomic E-state index is 12.9. The van der Waals surface area contributed by atoms with Gasteiger partial charge in [0.1, 0.15) is 13.2 Å². The SMILES string of the molecule is CC/C=C\C/C=C\C/C=C\C/C=C\C/C=C\C/C=C\C/C=C\C/C=C\CCCCCCCCCCCCC(=O)OC(COC(=O)CCCCCCCCCCCCC/C=C\C/C=C\CCCCCCC)COC(OCC[N+](C)(C)C)C(=O)O. The Labute approximate surface area is 510 Å². The van der Waals surface area contributed by atoms with Gasteiger partial charge in [-0.2, -0.15) is 0 Å². The molecular formula is C74H126NO8+. The number of carbonyl (C=O) groups excluding carboxylic acids is 2. The minimum absolute atomic E-state index is 0.181. The number of quaternary nitrogens is 1. The molecule has 0 fully saturated rings. The van der Waals surface area contributed by atoms with Crippen LogP contribution in [0.3, 0.4) is 0 Å². The number of carboxylic acids is 1. The maximum absolute atomic E-state index is 12.9. The summed E-state index contributed by atoms with van der Waals surface area (Å²) in [6.07, 6.45) is 87.2. The number of aliphatic carboxylic acids is 1. The highest BCUT2D eigenvalue weighted by Gasteiger charge is 2.25. The van der Waals surface area contributed by atoms with Crippen LogP contribution in [0.25, 0.3) is 0 Å². The van der Waals surface area contributed by atoms with Crippen molar-refractivity contribution in [1.82, 2.24) is 0 Å². The molecule has 0 bridgehead atoms. The van der Waals surface area contributed by atoms with E-state index in [0.717, 1.165) is 103 Å². The van der Waals surface area contributed by atoms with Gasteiger partial charge in [0.2, 0.25) is 0 Å². The van der Waals surface area contributed by atoms with Gasteiger partial charge in [0.25, 0.3) is 6.29 Å². The van der Waals surface area contributed by atoms with Crippen molar-refractivity contribution >= 4 is 17.9 Å². The van der Waals surface area contributed by atoms with E-state index in [4.69, 9.17) is 18.9 Å². The molecule has 0 aromatic rings. The zero-order valence-electron chi connectivity index (χ0n) is 54.1. The van der Waals surface area contributed by atoms with Crippen molar-refractivity contribution < 1.29 is 42.9 Å². The number of carboxylic acid groups (broad SMARTS) is 1. The normalized spacial score (nSPS) is 13.5. The lowest BCUT2D eigenvalue weighted by Crippen LogP contribution is -2.40. The largest absolute Gasteiger partial charge is 0.477 e. The van der Waals surface area contributed by atoms with Crippen LogP contribution in [0.4, 0.5) is 0 Å². The van der Waals surface area contributed by atoms with Gasteiger partial charge in [-0.1, -0.05) is 270 Å². The van der Waals surface area contributed by atoms with Crippen LogP contribution < -0.4 is 0 Å². The molecule has 2 atom stereocenters. The van der Waals surface area contributed by atoms with Crippen molar-refractivity contribution in [2.75, 3.05) is 47.5 Å². The molecule has 0 radical (unpaired) electrons. The molecule has 0 rings (SSSR count). The van der Waals surface area contributed by atoms with E-state index in [1.807, 2.05) is 21.1 Å².